The Morgan fingerprint density at radius 1 is 0.543 bits per heavy atom. The van der Waals surface area contributed by atoms with Gasteiger partial charge in [0, 0.05) is 22.2 Å². The summed E-state index contributed by atoms with van der Waals surface area (Å²) in [5, 5.41) is 0. The van der Waals surface area contributed by atoms with Crippen molar-refractivity contribution in [1.82, 2.24) is 29.9 Å². The summed E-state index contributed by atoms with van der Waals surface area (Å²) >= 11 is 0. The number of carbonyl (C=O) groups excluding carboxylic acids is 2. The molecule has 0 amide bonds. The maximum absolute atomic E-state index is 12.3. The number of H-pyrrole nitrogens is 2. The van der Waals surface area contributed by atoms with Gasteiger partial charge in [-0.1, -0.05) is 24.3 Å². The lowest BCUT2D eigenvalue weighted by molar-refractivity contribution is 0.0517. The van der Waals surface area contributed by atoms with Gasteiger partial charge in [0.05, 0.1) is 35.7 Å². The van der Waals surface area contributed by atoms with Crippen molar-refractivity contribution in [3.05, 3.63) is 107 Å². The minimum atomic E-state index is -0.369. The number of aromatic nitrogens is 6. The molecule has 0 saturated heterocycles. The van der Waals surface area contributed by atoms with Crippen molar-refractivity contribution >= 4 is 58.6 Å². The van der Waals surface area contributed by atoms with Crippen LogP contribution in [0.2, 0.25) is 0 Å². The second-order valence-corrected chi connectivity index (χ2v) is 10.5. The SMILES string of the molecule is CCOC(=O)c1ccc(-c2c3nc(nc4ccc([nH]4)c(-c4ccc(C(=O)OCC)cc4)c4nc(nc5ccc2[nH]5)C=C4)C=C3)cc1. The molecular weight excluding hydrogens is 580 g/mol. The highest BCUT2D eigenvalue weighted by molar-refractivity contribution is 5.95. The summed E-state index contributed by atoms with van der Waals surface area (Å²) in [6.45, 7) is 4.18. The van der Waals surface area contributed by atoms with E-state index in [2.05, 4.69) is 9.97 Å². The maximum atomic E-state index is 12.3. The summed E-state index contributed by atoms with van der Waals surface area (Å²) in [6, 6.07) is 22.2. The smallest absolute Gasteiger partial charge is 0.338 e. The molecule has 10 nitrogen and oxygen atoms in total. The molecule has 5 heterocycles. The molecule has 2 aliphatic rings. The second kappa shape index (κ2) is 12.1. The third-order valence-corrected chi connectivity index (χ3v) is 7.48. The molecule has 2 aromatic carbocycles. The average Bonchev–Trinajstić information content (AvgIpc) is 3.89. The Labute approximate surface area is 263 Å². The molecule has 0 spiro atoms. The first-order chi connectivity index (χ1) is 22.5. The molecule has 5 aromatic rings. The molecule has 10 heteroatoms. The van der Waals surface area contributed by atoms with Gasteiger partial charge in [0.1, 0.15) is 11.3 Å². The van der Waals surface area contributed by atoms with Gasteiger partial charge in [-0.2, -0.15) is 0 Å². The van der Waals surface area contributed by atoms with Gasteiger partial charge in [-0.3, -0.25) is 0 Å². The van der Waals surface area contributed by atoms with Crippen molar-refractivity contribution in [3.63, 3.8) is 0 Å². The van der Waals surface area contributed by atoms with Crippen molar-refractivity contribution in [2.75, 3.05) is 13.2 Å². The highest BCUT2D eigenvalue weighted by atomic mass is 16.5. The van der Waals surface area contributed by atoms with E-state index in [1.165, 1.54) is 0 Å². The van der Waals surface area contributed by atoms with E-state index in [9.17, 15) is 9.59 Å². The predicted molar refractivity (Wildman–Crippen MR) is 177 cm³/mol. The zero-order valence-corrected chi connectivity index (χ0v) is 25.1. The Hall–Kier alpha value is -6.16. The summed E-state index contributed by atoms with van der Waals surface area (Å²) in [5.74, 6) is 0.321. The summed E-state index contributed by atoms with van der Waals surface area (Å²) in [7, 11) is 0. The van der Waals surface area contributed by atoms with Crippen molar-refractivity contribution in [2.24, 2.45) is 0 Å². The number of benzene rings is 2. The molecule has 2 N–H and O–H groups in total. The van der Waals surface area contributed by atoms with Crippen LogP contribution in [0.3, 0.4) is 0 Å². The number of carbonyl (C=O) groups is 2. The Balaban J connectivity index is 1.42. The van der Waals surface area contributed by atoms with Gasteiger partial charge in [-0.25, -0.2) is 29.5 Å². The average molecular weight is 609 g/mol. The lowest BCUT2D eigenvalue weighted by Gasteiger charge is -2.06. The number of nitrogens with one attached hydrogen (secondary N) is 2. The van der Waals surface area contributed by atoms with Gasteiger partial charge in [0.15, 0.2) is 11.6 Å². The van der Waals surface area contributed by atoms with Crippen molar-refractivity contribution in [1.29, 1.82) is 0 Å². The lowest BCUT2D eigenvalue weighted by Crippen LogP contribution is -2.04. The van der Waals surface area contributed by atoms with Crippen LogP contribution in [-0.2, 0) is 9.47 Å². The molecule has 0 fully saturated rings. The highest BCUT2D eigenvalue weighted by Crippen LogP contribution is 2.32. The number of hydrogen-bond acceptors (Lipinski definition) is 8. The Kier molecular flexibility index (Phi) is 7.51. The van der Waals surface area contributed by atoms with Gasteiger partial charge in [0.25, 0.3) is 0 Å². The Bertz CT molecular complexity index is 2050. The fourth-order valence-corrected chi connectivity index (χ4v) is 5.40. The molecule has 0 saturated carbocycles. The van der Waals surface area contributed by atoms with Gasteiger partial charge in [0.2, 0.25) is 0 Å². The first-order valence-corrected chi connectivity index (χ1v) is 14.9. The Morgan fingerprint density at radius 2 is 0.957 bits per heavy atom. The van der Waals surface area contributed by atoms with Crippen LogP contribution >= 0.6 is 0 Å². The van der Waals surface area contributed by atoms with Crippen LogP contribution in [0.1, 0.15) is 57.6 Å². The molecule has 46 heavy (non-hydrogen) atoms. The van der Waals surface area contributed by atoms with E-state index in [1.807, 2.05) is 72.8 Å². The summed E-state index contributed by atoms with van der Waals surface area (Å²) in [4.78, 5) is 50.6. The van der Waals surface area contributed by atoms with Crippen molar-refractivity contribution < 1.29 is 19.1 Å². The number of esters is 2. The molecule has 0 radical (unpaired) electrons. The molecule has 0 aliphatic carbocycles. The number of fused-ring (bicyclic) bond motifs is 8. The van der Waals surface area contributed by atoms with Crippen molar-refractivity contribution in [2.45, 2.75) is 13.8 Å². The van der Waals surface area contributed by atoms with E-state index in [4.69, 9.17) is 29.4 Å². The van der Waals surface area contributed by atoms with Crippen LogP contribution in [0.4, 0.5) is 0 Å². The van der Waals surface area contributed by atoms with Crippen molar-refractivity contribution in [3.8, 4) is 22.3 Å². The fourth-order valence-electron chi connectivity index (χ4n) is 5.40. The van der Waals surface area contributed by atoms with Crippen LogP contribution in [0.25, 0.3) is 68.9 Å². The largest absolute Gasteiger partial charge is 0.462 e. The van der Waals surface area contributed by atoms with Gasteiger partial charge in [-0.05, 0) is 97.8 Å². The van der Waals surface area contributed by atoms with Crippen LogP contribution < -0.4 is 0 Å². The van der Waals surface area contributed by atoms with Crippen LogP contribution in [0, 0.1) is 0 Å². The van der Waals surface area contributed by atoms with Crippen LogP contribution in [0.15, 0.2) is 72.8 Å². The molecule has 3 aromatic heterocycles. The van der Waals surface area contributed by atoms with E-state index in [-0.39, 0.29) is 11.9 Å². The molecule has 2 aliphatic heterocycles. The number of ether oxygens (including phenoxy) is 2. The normalized spacial score (nSPS) is 11.9. The molecule has 8 bridgehead atoms. The number of hydrogen-bond donors (Lipinski definition) is 2. The van der Waals surface area contributed by atoms with E-state index in [1.54, 1.807) is 38.1 Å². The molecule has 0 atom stereocenters. The number of nitrogens with zero attached hydrogens (tertiary/aromatic N) is 4. The monoisotopic (exact) mass is 608 g/mol. The van der Waals surface area contributed by atoms with E-state index in [0.717, 1.165) is 33.3 Å². The van der Waals surface area contributed by atoms with Gasteiger partial charge < -0.3 is 19.4 Å². The zero-order valence-electron chi connectivity index (χ0n) is 25.1. The third-order valence-electron chi connectivity index (χ3n) is 7.48. The van der Waals surface area contributed by atoms with E-state index < -0.39 is 0 Å². The molecule has 0 unspecified atom stereocenters. The first kappa shape index (κ1) is 28.6. The topological polar surface area (TPSA) is 136 Å². The third kappa shape index (κ3) is 5.59. The first-order valence-electron chi connectivity index (χ1n) is 14.9. The quantitative estimate of drug-likeness (QED) is 0.190. The molecule has 7 rings (SSSR count). The molecular formula is C36H28N6O4. The van der Waals surface area contributed by atoms with Gasteiger partial charge >= 0.3 is 11.9 Å². The molecule has 226 valence electrons. The van der Waals surface area contributed by atoms with Crippen LogP contribution in [-0.4, -0.2) is 55.1 Å². The van der Waals surface area contributed by atoms with Gasteiger partial charge in [-0.15, -0.1) is 0 Å². The summed E-state index contributed by atoms with van der Waals surface area (Å²) < 4.78 is 10.3. The standard InChI is InChI=1S/C36H28N6O4/c1-3-45-35(43)23-9-5-21(6-10-23)33-25-13-17-29(37-25)41-31-19-15-27(39-31)34(22-7-11-24(12-8-22)36(44)46-4-2)28-16-20-32(40-28)42-30-18-14-26(33)38-30/h5-20H,3-4H2,1-2H3,(H,37,39,41)(H,38,40,42). The van der Waals surface area contributed by atoms with E-state index >= 15 is 0 Å². The minimum Gasteiger partial charge on any atom is -0.462 e. The number of aromatic amines is 2. The van der Waals surface area contributed by atoms with E-state index in [0.29, 0.717) is 58.7 Å². The Morgan fingerprint density at radius 3 is 1.35 bits per heavy atom. The zero-order chi connectivity index (χ0) is 31.6. The summed E-state index contributed by atoms with van der Waals surface area (Å²) in [5.41, 5.74) is 8.55. The summed E-state index contributed by atoms with van der Waals surface area (Å²) in [6.07, 6.45) is 7.55. The number of rotatable bonds is 6. The lowest BCUT2D eigenvalue weighted by atomic mass is 10.0. The second-order valence-electron chi connectivity index (χ2n) is 10.5. The predicted octanol–water partition coefficient (Wildman–Crippen LogP) is 7.13. The fraction of sp³-hybridized carbons (Fsp3) is 0.111. The maximum Gasteiger partial charge on any atom is 0.338 e. The highest BCUT2D eigenvalue weighted by Gasteiger charge is 2.16. The minimum absolute atomic E-state index is 0.308. The van der Waals surface area contributed by atoms with Crippen LogP contribution in [0.5, 0.6) is 0 Å².